The molecule has 1 N–H and O–H groups in total. The maximum absolute atomic E-state index is 13.6. The van der Waals surface area contributed by atoms with Crippen LogP contribution in [0.4, 0.5) is 10.3 Å². The normalized spacial score (nSPS) is 11.3. The molecule has 4 aromatic rings. The summed E-state index contributed by atoms with van der Waals surface area (Å²) < 4.78 is 15.6. The summed E-state index contributed by atoms with van der Waals surface area (Å²) >= 11 is 0. The highest BCUT2D eigenvalue weighted by molar-refractivity contribution is 5.80. The second-order valence-electron chi connectivity index (χ2n) is 8.39. The van der Waals surface area contributed by atoms with Crippen molar-refractivity contribution in [3.8, 4) is 22.6 Å². The Bertz CT molecular complexity index is 1260. The smallest absolute Gasteiger partial charge is 0.223 e. The Hall–Kier alpha value is -3.58. The first-order valence-corrected chi connectivity index (χ1v) is 11.1. The second-order valence-corrected chi connectivity index (χ2v) is 8.39. The van der Waals surface area contributed by atoms with Gasteiger partial charge in [-0.15, -0.1) is 0 Å². The van der Waals surface area contributed by atoms with E-state index in [0.29, 0.717) is 12.5 Å². The Balaban J connectivity index is 1.82. The van der Waals surface area contributed by atoms with Gasteiger partial charge in [0.05, 0.1) is 17.1 Å². The summed E-state index contributed by atoms with van der Waals surface area (Å²) in [6.45, 7) is 10.5. The van der Waals surface area contributed by atoms with Crippen molar-refractivity contribution < 1.29 is 4.39 Å². The number of benzene rings is 1. The van der Waals surface area contributed by atoms with E-state index in [2.05, 4.69) is 47.9 Å². The van der Waals surface area contributed by atoms with Crippen LogP contribution >= 0.6 is 0 Å². The van der Waals surface area contributed by atoms with E-state index < -0.39 is 0 Å². The van der Waals surface area contributed by atoms with Crippen molar-refractivity contribution in [1.82, 2.24) is 24.3 Å². The molecule has 0 aliphatic heterocycles. The molecule has 0 saturated heterocycles. The molecule has 1 aromatic carbocycles. The Labute approximate surface area is 193 Å². The zero-order valence-electron chi connectivity index (χ0n) is 19.3. The van der Waals surface area contributed by atoms with Crippen molar-refractivity contribution in [3.63, 3.8) is 0 Å². The van der Waals surface area contributed by atoms with Gasteiger partial charge in [0.1, 0.15) is 11.5 Å². The fourth-order valence-corrected chi connectivity index (χ4v) is 3.82. The number of aromatic nitrogens is 4. The summed E-state index contributed by atoms with van der Waals surface area (Å²) in [5.41, 5.74) is 6.15. The number of nitrogens with one attached hydrogen (secondary N) is 1. The maximum atomic E-state index is 13.6. The lowest BCUT2D eigenvalue weighted by molar-refractivity contribution is 0.327. The third-order valence-corrected chi connectivity index (χ3v) is 5.31. The molecule has 0 amide bonds. The fraction of sp³-hybridized carbons (Fsp3) is 0.269. The Morgan fingerprint density at radius 1 is 1.15 bits per heavy atom. The Kier molecular flexibility index (Phi) is 6.79. The number of nitrogens with zero attached hydrogens (tertiary/aromatic N) is 5. The van der Waals surface area contributed by atoms with Crippen molar-refractivity contribution in [2.45, 2.75) is 26.8 Å². The number of rotatable bonds is 9. The van der Waals surface area contributed by atoms with Crippen molar-refractivity contribution in [2.75, 3.05) is 25.5 Å². The minimum absolute atomic E-state index is 0.279. The van der Waals surface area contributed by atoms with Crippen LogP contribution in [0.25, 0.3) is 28.3 Å². The standard InChI is InChI=1S/C26H29FN6/c1-5-13-32(4)17-19-11-14-33-23(15-19)31-24(20-6-8-21(27)9-7-20)25(33)22-10-12-28-26(30-22)29-16-18(2)3/h6-12,14-15H,2,5,13,16-17H2,1,3-4H3,(H,28,29,30). The van der Waals surface area contributed by atoms with Gasteiger partial charge in [0.15, 0.2) is 0 Å². The molecule has 0 fully saturated rings. The van der Waals surface area contributed by atoms with Crippen LogP contribution in [0.2, 0.25) is 0 Å². The van der Waals surface area contributed by atoms with E-state index in [1.54, 1.807) is 18.3 Å². The number of fused-ring (bicyclic) bond motifs is 1. The Morgan fingerprint density at radius 2 is 1.94 bits per heavy atom. The van der Waals surface area contributed by atoms with Crippen molar-refractivity contribution in [2.24, 2.45) is 0 Å². The monoisotopic (exact) mass is 444 g/mol. The van der Waals surface area contributed by atoms with Gasteiger partial charge in [0, 0.05) is 31.0 Å². The molecule has 0 aliphatic rings. The van der Waals surface area contributed by atoms with E-state index in [-0.39, 0.29) is 5.82 Å². The van der Waals surface area contributed by atoms with Crippen LogP contribution in [0.1, 0.15) is 25.8 Å². The van der Waals surface area contributed by atoms with Gasteiger partial charge in [-0.2, -0.15) is 0 Å². The summed E-state index contributed by atoms with van der Waals surface area (Å²) in [6, 6.07) is 12.5. The number of pyridine rings is 1. The molecule has 0 radical (unpaired) electrons. The van der Waals surface area contributed by atoms with E-state index in [0.717, 1.165) is 53.4 Å². The largest absolute Gasteiger partial charge is 0.350 e. The zero-order valence-corrected chi connectivity index (χ0v) is 19.3. The molecule has 170 valence electrons. The Morgan fingerprint density at radius 3 is 2.67 bits per heavy atom. The fourth-order valence-electron chi connectivity index (χ4n) is 3.82. The van der Waals surface area contributed by atoms with Crippen LogP contribution in [-0.2, 0) is 6.54 Å². The molecule has 0 bridgehead atoms. The molecule has 0 aliphatic carbocycles. The van der Waals surface area contributed by atoms with E-state index in [1.165, 1.54) is 17.7 Å². The van der Waals surface area contributed by atoms with Crippen LogP contribution in [0.15, 0.2) is 67.0 Å². The highest BCUT2D eigenvalue weighted by Gasteiger charge is 2.18. The molecule has 0 spiro atoms. The summed E-state index contributed by atoms with van der Waals surface area (Å²) in [4.78, 5) is 16.3. The number of halogens is 1. The van der Waals surface area contributed by atoms with Crippen LogP contribution in [-0.4, -0.2) is 44.4 Å². The molecular formula is C26H29FN6. The van der Waals surface area contributed by atoms with E-state index in [9.17, 15) is 4.39 Å². The van der Waals surface area contributed by atoms with E-state index in [4.69, 9.17) is 9.97 Å². The summed E-state index contributed by atoms with van der Waals surface area (Å²) in [5.74, 6) is 0.243. The van der Waals surface area contributed by atoms with Gasteiger partial charge >= 0.3 is 0 Å². The summed E-state index contributed by atoms with van der Waals surface area (Å²) in [7, 11) is 2.12. The van der Waals surface area contributed by atoms with Crippen molar-refractivity contribution in [1.29, 1.82) is 0 Å². The molecule has 3 aromatic heterocycles. The predicted molar refractivity (Wildman–Crippen MR) is 132 cm³/mol. The predicted octanol–water partition coefficient (Wildman–Crippen LogP) is 5.43. The molecule has 6 nitrogen and oxygen atoms in total. The number of hydrogen-bond donors (Lipinski definition) is 1. The lowest BCUT2D eigenvalue weighted by Crippen LogP contribution is -2.18. The van der Waals surface area contributed by atoms with Crippen LogP contribution in [0, 0.1) is 5.82 Å². The highest BCUT2D eigenvalue weighted by atomic mass is 19.1. The van der Waals surface area contributed by atoms with E-state index in [1.807, 2.05) is 23.6 Å². The van der Waals surface area contributed by atoms with Crippen LogP contribution in [0.3, 0.4) is 0 Å². The quantitative estimate of drug-likeness (QED) is 0.349. The number of anilines is 1. The van der Waals surface area contributed by atoms with Crippen LogP contribution in [0.5, 0.6) is 0 Å². The molecular weight excluding hydrogens is 415 g/mol. The lowest BCUT2D eigenvalue weighted by Gasteiger charge is -2.15. The number of imidazole rings is 1. The minimum Gasteiger partial charge on any atom is -0.350 e. The summed E-state index contributed by atoms with van der Waals surface area (Å²) in [5, 5.41) is 3.20. The average Bonchev–Trinajstić information content (AvgIpc) is 3.17. The van der Waals surface area contributed by atoms with Gasteiger partial charge in [0.2, 0.25) is 5.95 Å². The molecule has 0 atom stereocenters. The highest BCUT2D eigenvalue weighted by Crippen LogP contribution is 2.32. The van der Waals surface area contributed by atoms with Gasteiger partial charge in [0.25, 0.3) is 0 Å². The average molecular weight is 445 g/mol. The second kappa shape index (κ2) is 9.92. The van der Waals surface area contributed by atoms with Gasteiger partial charge in [-0.1, -0.05) is 19.1 Å². The minimum atomic E-state index is -0.279. The molecule has 4 rings (SSSR count). The van der Waals surface area contributed by atoms with E-state index >= 15 is 0 Å². The summed E-state index contributed by atoms with van der Waals surface area (Å²) in [6.07, 6.45) is 4.87. The molecule has 0 saturated carbocycles. The third kappa shape index (κ3) is 5.26. The van der Waals surface area contributed by atoms with Gasteiger partial charge in [-0.25, -0.2) is 19.3 Å². The molecule has 33 heavy (non-hydrogen) atoms. The maximum Gasteiger partial charge on any atom is 0.223 e. The van der Waals surface area contributed by atoms with Gasteiger partial charge < -0.3 is 10.2 Å². The zero-order chi connectivity index (χ0) is 23.4. The first kappa shape index (κ1) is 22.6. The molecule has 3 heterocycles. The first-order valence-electron chi connectivity index (χ1n) is 11.1. The van der Waals surface area contributed by atoms with Crippen LogP contribution < -0.4 is 5.32 Å². The molecule has 0 unspecified atom stereocenters. The van der Waals surface area contributed by atoms with Gasteiger partial charge in [-0.3, -0.25) is 4.40 Å². The topological polar surface area (TPSA) is 58.4 Å². The van der Waals surface area contributed by atoms with Gasteiger partial charge in [-0.05, 0) is 75.0 Å². The van der Waals surface area contributed by atoms with Crippen molar-refractivity contribution in [3.05, 3.63) is 78.4 Å². The molecule has 7 heteroatoms. The third-order valence-electron chi connectivity index (χ3n) is 5.31. The van der Waals surface area contributed by atoms with Crippen molar-refractivity contribution >= 4 is 11.6 Å². The first-order chi connectivity index (χ1) is 15.9. The SMILES string of the molecule is C=C(C)CNc1nccc(-c2c(-c3ccc(F)cc3)nc3cc(CN(C)CCC)ccn23)n1. The lowest BCUT2D eigenvalue weighted by atomic mass is 10.1. The number of hydrogen-bond acceptors (Lipinski definition) is 5.